The van der Waals surface area contributed by atoms with Gasteiger partial charge in [-0.15, -0.1) is 0 Å². The van der Waals surface area contributed by atoms with Crippen LogP contribution in [0.5, 0.6) is 0 Å². The molecule has 0 bridgehead atoms. The van der Waals surface area contributed by atoms with E-state index in [4.69, 9.17) is 4.98 Å². The van der Waals surface area contributed by atoms with Crippen LogP contribution in [-0.2, 0) is 6.54 Å². The number of rotatable bonds is 7. The summed E-state index contributed by atoms with van der Waals surface area (Å²) >= 11 is 0. The smallest absolute Gasteiger partial charge is 0.268 e. The molecule has 0 amide bonds. The van der Waals surface area contributed by atoms with Crippen LogP contribution in [0.25, 0.3) is 11.0 Å². The third-order valence-electron chi connectivity index (χ3n) is 8.01. The van der Waals surface area contributed by atoms with Gasteiger partial charge in [-0.1, -0.05) is 43.9 Å². The Balaban J connectivity index is 1.36. The first-order chi connectivity index (χ1) is 21.3. The van der Waals surface area contributed by atoms with Gasteiger partial charge in [0.25, 0.3) is 5.56 Å². The molecule has 9 nitrogen and oxygen atoms in total. The van der Waals surface area contributed by atoms with E-state index >= 15 is 0 Å². The monoisotopic (exact) mass is 584 g/mol. The molecule has 0 saturated carbocycles. The van der Waals surface area contributed by atoms with Crippen molar-refractivity contribution in [3.8, 4) is 11.8 Å². The fourth-order valence-corrected chi connectivity index (χ4v) is 5.55. The van der Waals surface area contributed by atoms with Crippen molar-refractivity contribution < 1.29 is 0 Å². The number of nitrogens with one attached hydrogen (secondary N) is 2. The largest absolute Gasteiger partial charge is 0.381 e. The molecule has 1 saturated heterocycles. The second-order valence-corrected chi connectivity index (χ2v) is 11.7. The van der Waals surface area contributed by atoms with Gasteiger partial charge in [-0.2, -0.15) is 15.2 Å². The normalized spacial score (nSPS) is 14.9. The number of aryl methyl sites for hydroxylation is 1. The molecule has 44 heavy (non-hydrogen) atoms. The molecular formula is C35H36N8O. The van der Waals surface area contributed by atoms with E-state index in [9.17, 15) is 4.79 Å². The maximum absolute atomic E-state index is 14.0. The summed E-state index contributed by atoms with van der Waals surface area (Å²) in [7, 11) is 2.15. The van der Waals surface area contributed by atoms with Gasteiger partial charge in [-0.25, -0.2) is 4.98 Å². The highest BCUT2D eigenvalue weighted by Crippen LogP contribution is 2.23. The van der Waals surface area contributed by atoms with Crippen LogP contribution in [0.2, 0.25) is 0 Å². The molecular weight excluding hydrogens is 548 g/mol. The fourth-order valence-electron chi connectivity index (χ4n) is 5.55. The molecule has 1 aliphatic rings. The highest BCUT2D eigenvalue weighted by Gasteiger charge is 2.19. The number of hydrogen-bond acceptors (Lipinski definition) is 8. The van der Waals surface area contributed by atoms with Crippen molar-refractivity contribution in [2.24, 2.45) is 0 Å². The number of fused-ring (bicyclic) bond motifs is 1. The van der Waals surface area contributed by atoms with E-state index in [1.54, 1.807) is 29.2 Å². The second-order valence-electron chi connectivity index (χ2n) is 11.7. The minimum Gasteiger partial charge on any atom is -0.381 e. The molecule has 5 aromatic rings. The summed E-state index contributed by atoms with van der Waals surface area (Å²) in [5.74, 6) is 6.92. The zero-order valence-corrected chi connectivity index (χ0v) is 25.5. The van der Waals surface area contributed by atoms with Crippen molar-refractivity contribution in [3.05, 3.63) is 111 Å². The molecule has 1 atom stereocenters. The first kappa shape index (κ1) is 29.0. The molecule has 3 aromatic heterocycles. The third-order valence-corrected chi connectivity index (χ3v) is 8.01. The summed E-state index contributed by atoms with van der Waals surface area (Å²) in [5.41, 5.74) is 6.49. The summed E-state index contributed by atoms with van der Waals surface area (Å²) in [6, 6.07) is 18.2. The second kappa shape index (κ2) is 12.7. The maximum Gasteiger partial charge on any atom is 0.268 e. The van der Waals surface area contributed by atoms with Crippen LogP contribution in [-0.4, -0.2) is 55.8 Å². The van der Waals surface area contributed by atoms with E-state index < -0.39 is 0 Å². The van der Waals surface area contributed by atoms with Gasteiger partial charge in [0, 0.05) is 41.1 Å². The molecule has 0 aliphatic carbocycles. The molecule has 9 heteroatoms. The Hall–Kier alpha value is -5.07. The average Bonchev–Trinajstić information content (AvgIpc) is 3.43. The van der Waals surface area contributed by atoms with Crippen LogP contribution < -0.4 is 16.2 Å². The van der Waals surface area contributed by atoms with Crippen molar-refractivity contribution in [2.45, 2.75) is 45.7 Å². The predicted molar refractivity (Wildman–Crippen MR) is 175 cm³/mol. The van der Waals surface area contributed by atoms with Gasteiger partial charge in [-0.3, -0.25) is 9.36 Å². The molecule has 0 radical (unpaired) electrons. The van der Waals surface area contributed by atoms with Gasteiger partial charge in [0.2, 0.25) is 5.95 Å². The molecule has 1 unspecified atom stereocenters. The summed E-state index contributed by atoms with van der Waals surface area (Å²) in [6.07, 6.45) is 6.36. The zero-order valence-electron chi connectivity index (χ0n) is 25.5. The van der Waals surface area contributed by atoms with E-state index in [1.807, 2.05) is 43.3 Å². The number of benzene rings is 2. The summed E-state index contributed by atoms with van der Waals surface area (Å²) in [5, 5.41) is 15.8. The SMILES string of the molecule is Cc1ccccc1C#Cc1cc2cnc(Nc3ccc(NC4CCN(C)C4)cc3)nc2n(Cc2cnncc2C(C)C)c1=O. The number of aromatic nitrogens is 5. The number of likely N-dealkylation sites (N-methyl/N-ethyl adjacent to an activating group) is 1. The van der Waals surface area contributed by atoms with E-state index in [2.05, 4.69) is 75.6 Å². The van der Waals surface area contributed by atoms with Crippen molar-refractivity contribution in [2.75, 3.05) is 30.8 Å². The number of pyridine rings is 1. The highest BCUT2D eigenvalue weighted by atomic mass is 16.1. The molecule has 2 N–H and O–H groups in total. The first-order valence-electron chi connectivity index (χ1n) is 14.9. The summed E-state index contributed by atoms with van der Waals surface area (Å²) < 4.78 is 1.67. The standard InChI is InChI=1S/C35H36N8O/c1-23(2)32-20-38-37-19-28(32)21-43-33-27(17-26(34(43)44)10-9-25-8-6-5-7-24(25)3)18-36-35(41-33)40-30-13-11-29(12-14-30)39-31-15-16-42(4)22-31/h5-8,11-14,17-20,23,31,39H,15-16,21-22H2,1-4H3,(H,36,40,41). The van der Waals surface area contributed by atoms with E-state index in [0.717, 1.165) is 58.5 Å². The number of anilines is 3. The molecule has 222 valence electrons. The molecule has 1 aliphatic heterocycles. The Labute approximate surface area is 257 Å². The lowest BCUT2D eigenvalue weighted by molar-refractivity contribution is 0.414. The predicted octanol–water partition coefficient (Wildman–Crippen LogP) is 5.32. The van der Waals surface area contributed by atoms with Crippen LogP contribution in [0.1, 0.15) is 54.0 Å². The van der Waals surface area contributed by atoms with Crippen molar-refractivity contribution in [3.63, 3.8) is 0 Å². The lowest BCUT2D eigenvalue weighted by Gasteiger charge is -2.16. The number of nitrogens with zero attached hydrogens (tertiary/aromatic N) is 6. The van der Waals surface area contributed by atoms with Crippen LogP contribution in [0.4, 0.5) is 17.3 Å². The molecule has 4 heterocycles. The van der Waals surface area contributed by atoms with Crippen LogP contribution >= 0.6 is 0 Å². The number of likely N-dealkylation sites (tertiary alicyclic amines) is 1. The van der Waals surface area contributed by atoms with Gasteiger partial charge in [-0.05, 0) is 85.9 Å². The Bertz CT molecular complexity index is 1920. The Morgan fingerprint density at radius 3 is 2.48 bits per heavy atom. The molecule has 0 spiro atoms. The lowest BCUT2D eigenvalue weighted by atomic mass is 10.0. The topological polar surface area (TPSA) is 101 Å². The van der Waals surface area contributed by atoms with Crippen molar-refractivity contribution in [1.82, 2.24) is 29.6 Å². The van der Waals surface area contributed by atoms with E-state index in [0.29, 0.717) is 23.2 Å². The van der Waals surface area contributed by atoms with E-state index in [-0.39, 0.29) is 18.0 Å². The average molecular weight is 585 g/mol. The zero-order chi connectivity index (χ0) is 30.6. The number of hydrogen-bond donors (Lipinski definition) is 2. The van der Waals surface area contributed by atoms with Crippen LogP contribution in [0, 0.1) is 18.8 Å². The van der Waals surface area contributed by atoms with Gasteiger partial charge in [0.05, 0.1) is 24.5 Å². The molecule has 6 rings (SSSR count). The maximum atomic E-state index is 14.0. The van der Waals surface area contributed by atoms with Gasteiger partial charge in [0.15, 0.2) is 0 Å². The van der Waals surface area contributed by atoms with E-state index in [1.165, 1.54) is 0 Å². The Morgan fingerprint density at radius 1 is 0.977 bits per heavy atom. The Kier molecular flexibility index (Phi) is 8.35. The molecule has 2 aromatic carbocycles. The molecule has 1 fully saturated rings. The van der Waals surface area contributed by atoms with Gasteiger partial charge < -0.3 is 15.5 Å². The third kappa shape index (κ3) is 6.46. The van der Waals surface area contributed by atoms with Crippen LogP contribution in [0.3, 0.4) is 0 Å². The van der Waals surface area contributed by atoms with Gasteiger partial charge >= 0.3 is 0 Å². The fraction of sp³-hybridized carbons (Fsp3) is 0.286. The quantitative estimate of drug-likeness (QED) is 0.248. The van der Waals surface area contributed by atoms with Crippen molar-refractivity contribution >= 4 is 28.4 Å². The summed E-state index contributed by atoms with van der Waals surface area (Å²) in [6.45, 7) is 8.64. The minimum absolute atomic E-state index is 0.213. The Morgan fingerprint density at radius 2 is 1.73 bits per heavy atom. The minimum atomic E-state index is -0.220. The lowest BCUT2D eigenvalue weighted by Crippen LogP contribution is -2.25. The summed E-state index contributed by atoms with van der Waals surface area (Å²) in [4.78, 5) is 25.7. The van der Waals surface area contributed by atoms with Crippen molar-refractivity contribution in [1.29, 1.82) is 0 Å². The van der Waals surface area contributed by atoms with Gasteiger partial charge in [0.1, 0.15) is 5.65 Å². The first-order valence-corrected chi connectivity index (χ1v) is 14.9. The van der Waals surface area contributed by atoms with Crippen LogP contribution in [0.15, 0.2) is 78.0 Å². The highest BCUT2D eigenvalue weighted by molar-refractivity contribution is 5.78.